The van der Waals surface area contributed by atoms with Gasteiger partial charge < -0.3 is 15.4 Å². The van der Waals surface area contributed by atoms with Crippen LogP contribution in [0.5, 0.6) is 5.75 Å². The van der Waals surface area contributed by atoms with Gasteiger partial charge in [0.15, 0.2) is 5.11 Å². The Bertz CT molecular complexity index is 1400. The van der Waals surface area contributed by atoms with Gasteiger partial charge in [0.1, 0.15) is 12.4 Å². The molecule has 0 spiro atoms. The van der Waals surface area contributed by atoms with Gasteiger partial charge in [-0.05, 0) is 66.3 Å². The molecule has 0 radical (unpaired) electrons. The number of anilines is 2. The predicted octanol–water partition coefficient (Wildman–Crippen LogP) is 6.30. The van der Waals surface area contributed by atoms with Crippen molar-refractivity contribution in [1.82, 2.24) is 5.32 Å². The minimum Gasteiger partial charge on any atom is -0.489 e. The van der Waals surface area contributed by atoms with E-state index in [-0.39, 0.29) is 16.9 Å². The summed E-state index contributed by atoms with van der Waals surface area (Å²) in [6, 6.07) is 30.4. The van der Waals surface area contributed by atoms with E-state index in [0.29, 0.717) is 39.9 Å². The second kappa shape index (κ2) is 12.0. The van der Waals surface area contributed by atoms with Crippen molar-refractivity contribution in [2.24, 2.45) is 0 Å². The minimum absolute atomic E-state index is 0.116. The van der Waals surface area contributed by atoms with E-state index in [1.807, 2.05) is 30.3 Å². The minimum atomic E-state index is -0.374. The van der Waals surface area contributed by atoms with E-state index in [2.05, 4.69) is 16.0 Å². The Morgan fingerprint density at radius 3 is 2.22 bits per heavy atom. The zero-order valence-corrected chi connectivity index (χ0v) is 20.6. The maximum absolute atomic E-state index is 12.7. The van der Waals surface area contributed by atoms with Crippen molar-refractivity contribution >= 4 is 52.1 Å². The summed E-state index contributed by atoms with van der Waals surface area (Å²) in [5.74, 6) is -0.129. The predicted molar refractivity (Wildman–Crippen MR) is 147 cm³/mol. The van der Waals surface area contributed by atoms with Crippen molar-refractivity contribution in [3.8, 4) is 5.75 Å². The Labute approximate surface area is 219 Å². The summed E-state index contributed by atoms with van der Waals surface area (Å²) in [5, 5.41) is 8.90. The molecule has 0 saturated heterocycles. The Kier molecular flexibility index (Phi) is 8.28. The van der Waals surface area contributed by atoms with Crippen LogP contribution in [0.3, 0.4) is 0 Å². The van der Waals surface area contributed by atoms with Crippen LogP contribution < -0.4 is 20.7 Å². The second-order valence-corrected chi connectivity index (χ2v) is 8.54. The molecular formula is C28H22ClN3O3S. The fourth-order valence-electron chi connectivity index (χ4n) is 3.32. The van der Waals surface area contributed by atoms with Gasteiger partial charge in [-0.3, -0.25) is 14.9 Å². The quantitative estimate of drug-likeness (QED) is 0.252. The van der Waals surface area contributed by atoms with Gasteiger partial charge in [0.05, 0.1) is 10.6 Å². The number of halogens is 1. The van der Waals surface area contributed by atoms with Gasteiger partial charge in [-0.1, -0.05) is 66.2 Å². The molecule has 2 amide bonds. The van der Waals surface area contributed by atoms with E-state index in [1.54, 1.807) is 72.8 Å². The largest absolute Gasteiger partial charge is 0.489 e. The fourth-order valence-corrected chi connectivity index (χ4v) is 3.76. The number of ether oxygens (including phenoxy) is 1. The molecule has 180 valence electrons. The summed E-state index contributed by atoms with van der Waals surface area (Å²) in [5.41, 5.74) is 2.95. The van der Waals surface area contributed by atoms with Gasteiger partial charge in [0.25, 0.3) is 11.8 Å². The van der Waals surface area contributed by atoms with Crippen LogP contribution in [0, 0.1) is 0 Å². The average Bonchev–Trinajstić information content (AvgIpc) is 2.88. The molecule has 0 bridgehead atoms. The lowest BCUT2D eigenvalue weighted by atomic mass is 10.2. The van der Waals surface area contributed by atoms with Crippen LogP contribution in [-0.4, -0.2) is 16.9 Å². The molecule has 0 aliphatic carbocycles. The third kappa shape index (κ3) is 6.91. The Morgan fingerprint density at radius 1 is 0.750 bits per heavy atom. The number of hydrogen-bond acceptors (Lipinski definition) is 4. The standard InChI is InChI=1S/C28H22ClN3O3S/c29-25-15-5-4-14-24(25)27(34)30-21-11-7-12-22(17-21)31-28(36)32-26(33)20-10-6-13-23(16-20)35-18-19-8-2-1-3-9-19/h1-17H,18H2,(H,30,34)(H2,31,32,33,36). The molecular weight excluding hydrogens is 494 g/mol. The van der Waals surface area contributed by atoms with Gasteiger partial charge in [-0.15, -0.1) is 0 Å². The van der Waals surface area contributed by atoms with Gasteiger partial charge in [0, 0.05) is 16.9 Å². The SMILES string of the molecule is O=C(NC(=S)Nc1cccc(NC(=O)c2ccccc2Cl)c1)c1cccc(OCc2ccccc2)c1. The number of hydrogen-bond donors (Lipinski definition) is 3. The number of benzene rings is 4. The smallest absolute Gasteiger partial charge is 0.257 e. The van der Waals surface area contributed by atoms with Crippen molar-refractivity contribution in [2.75, 3.05) is 10.6 Å². The number of carbonyl (C=O) groups is 2. The van der Waals surface area contributed by atoms with Crippen molar-refractivity contribution in [2.45, 2.75) is 6.61 Å². The van der Waals surface area contributed by atoms with Gasteiger partial charge in [0.2, 0.25) is 0 Å². The highest BCUT2D eigenvalue weighted by atomic mass is 35.5. The lowest BCUT2D eigenvalue weighted by Gasteiger charge is -2.12. The summed E-state index contributed by atoms with van der Waals surface area (Å²) in [7, 11) is 0. The maximum Gasteiger partial charge on any atom is 0.257 e. The molecule has 0 fully saturated rings. The number of nitrogens with one attached hydrogen (secondary N) is 3. The van der Waals surface area contributed by atoms with Crippen LogP contribution in [0.4, 0.5) is 11.4 Å². The topological polar surface area (TPSA) is 79.5 Å². The highest BCUT2D eigenvalue weighted by Crippen LogP contribution is 2.20. The highest BCUT2D eigenvalue weighted by Gasteiger charge is 2.12. The van der Waals surface area contributed by atoms with Crippen molar-refractivity contribution in [3.05, 3.63) is 125 Å². The second-order valence-electron chi connectivity index (χ2n) is 7.73. The van der Waals surface area contributed by atoms with Crippen LogP contribution in [0.1, 0.15) is 26.3 Å². The molecule has 6 nitrogen and oxygen atoms in total. The summed E-state index contributed by atoms with van der Waals surface area (Å²) in [6.07, 6.45) is 0. The lowest BCUT2D eigenvalue weighted by Crippen LogP contribution is -2.34. The zero-order chi connectivity index (χ0) is 25.3. The van der Waals surface area contributed by atoms with Crippen molar-refractivity contribution in [3.63, 3.8) is 0 Å². The molecule has 36 heavy (non-hydrogen) atoms. The summed E-state index contributed by atoms with van der Waals surface area (Å²) >= 11 is 11.4. The Hall–Kier alpha value is -4.20. The first-order valence-electron chi connectivity index (χ1n) is 11.0. The fraction of sp³-hybridized carbons (Fsp3) is 0.0357. The van der Waals surface area contributed by atoms with Crippen LogP contribution in [0.15, 0.2) is 103 Å². The van der Waals surface area contributed by atoms with Crippen molar-refractivity contribution < 1.29 is 14.3 Å². The van der Waals surface area contributed by atoms with Gasteiger partial charge in [-0.2, -0.15) is 0 Å². The molecule has 4 aromatic rings. The molecule has 4 aromatic carbocycles. The molecule has 0 saturated carbocycles. The molecule has 0 aliphatic heterocycles. The number of amides is 2. The first-order valence-corrected chi connectivity index (χ1v) is 11.8. The van der Waals surface area contributed by atoms with E-state index >= 15 is 0 Å². The molecule has 3 N–H and O–H groups in total. The average molecular weight is 516 g/mol. The Morgan fingerprint density at radius 2 is 1.44 bits per heavy atom. The van der Waals surface area contributed by atoms with E-state index in [1.165, 1.54) is 0 Å². The first kappa shape index (κ1) is 24.9. The van der Waals surface area contributed by atoms with Gasteiger partial charge in [-0.25, -0.2) is 0 Å². The van der Waals surface area contributed by atoms with E-state index in [4.69, 9.17) is 28.6 Å². The molecule has 4 rings (SSSR count). The third-order valence-corrected chi connectivity index (χ3v) is 5.60. The number of rotatable bonds is 7. The molecule has 0 aliphatic rings. The van der Waals surface area contributed by atoms with Crippen LogP contribution in [0.25, 0.3) is 0 Å². The van der Waals surface area contributed by atoms with Crippen LogP contribution in [-0.2, 0) is 6.61 Å². The monoisotopic (exact) mass is 515 g/mol. The summed E-state index contributed by atoms with van der Waals surface area (Å²) in [4.78, 5) is 25.2. The zero-order valence-electron chi connectivity index (χ0n) is 19.0. The number of carbonyl (C=O) groups excluding carboxylic acids is 2. The van der Waals surface area contributed by atoms with E-state index in [0.717, 1.165) is 5.56 Å². The van der Waals surface area contributed by atoms with E-state index < -0.39 is 0 Å². The summed E-state index contributed by atoms with van der Waals surface area (Å²) < 4.78 is 5.80. The van der Waals surface area contributed by atoms with Crippen molar-refractivity contribution in [1.29, 1.82) is 0 Å². The lowest BCUT2D eigenvalue weighted by molar-refractivity contribution is 0.0976. The first-order chi connectivity index (χ1) is 17.5. The van der Waals surface area contributed by atoms with Gasteiger partial charge >= 0.3 is 0 Å². The van der Waals surface area contributed by atoms with E-state index in [9.17, 15) is 9.59 Å². The molecule has 0 unspecified atom stereocenters. The molecule has 0 heterocycles. The molecule has 0 atom stereocenters. The number of thiocarbonyl (C=S) groups is 1. The third-order valence-electron chi connectivity index (χ3n) is 5.07. The van der Waals surface area contributed by atoms with Crippen LogP contribution in [0.2, 0.25) is 5.02 Å². The Balaban J connectivity index is 1.33. The highest BCUT2D eigenvalue weighted by molar-refractivity contribution is 7.80. The maximum atomic E-state index is 12.7. The summed E-state index contributed by atoms with van der Waals surface area (Å²) in [6.45, 7) is 0.398. The van der Waals surface area contributed by atoms with Crippen LogP contribution >= 0.6 is 23.8 Å². The molecule has 8 heteroatoms. The normalized spacial score (nSPS) is 10.2. The molecule has 0 aromatic heterocycles.